The van der Waals surface area contributed by atoms with Crippen LogP contribution in [0.4, 0.5) is 22.0 Å². The van der Waals surface area contributed by atoms with E-state index in [9.17, 15) is 31.5 Å². The number of hydrogen-bond donors (Lipinski definition) is 3. The van der Waals surface area contributed by atoms with Crippen LogP contribution in [0.5, 0.6) is 0 Å². The lowest BCUT2D eigenvalue weighted by Gasteiger charge is -2.33. The van der Waals surface area contributed by atoms with Crippen molar-refractivity contribution in [1.29, 1.82) is 0 Å². The van der Waals surface area contributed by atoms with E-state index in [1.807, 2.05) is 0 Å². The quantitative estimate of drug-likeness (QED) is 0.574. The highest BCUT2D eigenvalue weighted by Crippen LogP contribution is 2.43. The van der Waals surface area contributed by atoms with E-state index in [2.05, 4.69) is 16.0 Å². The van der Waals surface area contributed by atoms with Crippen LogP contribution in [0.1, 0.15) is 31.9 Å². The van der Waals surface area contributed by atoms with Gasteiger partial charge in [-0.2, -0.15) is 13.2 Å². The summed E-state index contributed by atoms with van der Waals surface area (Å²) in [5.74, 6) is -3.99. The first-order valence-corrected chi connectivity index (χ1v) is 9.56. The van der Waals surface area contributed by atoms with Crippen LogP contribution in [0.15, 0.2) is 53.1 Å². The van der Waals surface area contributed by atoms with Crippen molar-refractivity contribution in [2.75, 3.05) is 6.61 Å². The fraction of sp³-hybridized carbons (Fsp3) is 0.286. The van der Waals surface area contributed by atoms with Crippen LogP contribution in [-0.4, -0.2) is 24.6 Å². The number of ether oxygens (including phenoxy) is 1. The van der Waals surface area contributed by atoms with Gasteiger partial charge in [-0.1, -0.05) is 6.07 Å². The predicted molar refractivity (Wildman–Crippen MR) is 103 cm³/mol. The van der Waals surface area contributed by atoms with Crippen molar-refractivity contribution in [3.8, 4) is 0 Å². The molecule has 0 saturated carbocycles. The number of carbonyl (C=O) groups excluding carboxylic acids is 2. The number of nitrogens with one attached hydrogen (secondary N) is 3. The molecule has 2 amide bonds. The zero-order valence-corrected chi connectivity index (χ0v) is 17.0. The molecule has 32 heavy (non-hydrogen) atoms. The van der Waals surface area contributed by atoms with Crippen LogP contribution in [0.3, 0.4) is 0 Å². The highest BCUT2D eigenvalue weighted by Gasteiger charge is 2.48. The Hall–Kier alpha value is -3.37. The minimum absolute atomic E-state index is 0.0581. The molecule has 1 aromatic rings. The number of alkyl halides is 3. The summed E-state index contributed by atoms with van der Waals surface area (Å²) in [4.78, 5) is 25.0. The maximum Gasteiger partial charge on any atom is 0.417 e. The van der Waals surface area contributed by atoms with E-state index in [0.29, 0.717) is 6.07 Å². The molecule has 0 saturated heterocycles. The average molecular weight is 456 g/mol. The first-order chi connectivity index (χ1) is 15.0. The normalized spacial score (nSPS) is 17.5. The van der Waals surface area contributed by atoms with E-state index >= 15 is 0 Å². The maximum atomic E-state index is 14.0. The molecule has 2 aliphatic heterocycles. The summed E-state index contributed by atoms with van der Waals surface area (Å²) in [6, 6.07) is 1.63. The van der Waals surface area contributed by atoms with Gasteiger partial charge in [0.25, 0.3) is 0 Å². The molecule has 6 nitrogen and oxygen atoms in total. The average Bonchev–Trinajstić information content (AvgIpc) is 2.68. The van der Waals surface area contributed by atoms with Crippen molar-refractivity contribution in [2.45, 2.75) is 32.5 Å². The van der Waals surface area contributed by atoms with Gasteiger partial charge in [-0.15, -0.1) is 0 Å². The van der Waals surface area contributed by atoms with Gasteiger partial charge in [0.1, 0.15) is 17.7 Å². The van der Waals surface area contributed by atoms with Crippen molar-refractivity contribution >= 4 is 11.8 Å². The fourth-order valence-electron chi connectivity index (χ4n) is 3.42. The van der Waals surface area contributed by atoms with Crippen molar-refractivity contribution in [3.05, 3.63) is 76.3 Å². The molecule has 2 heterocycles. The van der Waals surface area contributed by atoms with Crippen LogP contribution >= 0.6 is 0 Å². The summed E-state index contributed by atoms with van der Waals surface area (Å²) in [6.45, 7) is 3.02. The Bertz CT molecular complexity index is 1030. The molecule has 3 rings (SSSR count). The summed E-state index contributed by atoms with van der Waals surface area (Å²) < 4.78 is 74.3. The van der Waals surface area contributed by atoms with Gasteiger partial charge in [-0.25, -0.2) is 8.78 Å². The molecule has 11 heteroatoms. The van der Waals surface area contributed by atoms with Crippen LogP contribution in [0.2, 0.25) is 0 Å². The molecule has 3 N–H and O–H groups in total. The van der Waals surface area contributed by atoms with E-state index < -0.39 is 58.8 Å². The lowest BCUT2D eigenvalue weighted by molar-refractivity contribution is -0.125. The van der Waals surface area contributed by atoms with Gasteiger partial charge in [0, 0.05) is 23.4 Å². The Kier molecular flexibility index (Phi) is 6.56. The van der Waals surface area contributed by atoms with E-state index in [4.69, 9.17) is 4.74 Å². The first-order valence-electron chi connectivity index (χ1n) is 9.56. The molecular weight excluding hydrogens is 437 g/mol. The van der Waals surface area contributed by atoms with E-state index in [-0.39, 0.29) is 24.1 Å². The highest BCUT2D eigenvalue weighted by molar-refractivity contribution is 6.03. The largest absolute Gasteiger partial charge is 0.479 e. The van der Waals surface area contributed by atoms with Crippen molar-refractivity contribution < 1.29 is 36.3 Å². The number of rotatable bonds is 6. The molecule has 2 aliphatic rings. The number of carbonyl (C=O) groups is 2. The van der Waals surface area contributed by atoms with Crippen molar-refractivity contribution in [2.24, 2.45) is 0 Å². The third-order valence-corrected chi connectivity index (χ3v) is 4.75. The molecule has 0 unspecified atom stereocenters. The number of hydrogen-bond acceptors (Lipinski definition) is 4. The molecule has 0 fully saturated rings. The smallest absolute Gasteiger partial charge is 0.417 e. The fourth-order valence-corrected chi connectivity index (χ4v) is 3.42. The number of amides is 2. The first kappa shape index (κ1) is 23.3. The van der Waals surface area contributed by atoms with E-state index in [1.165, 1.54) is 19.2 Å². The third kappa shape index (κ3) is 4.76. The zero-order chi connectivity index (χ0) is 23.6. The van der Waals surface area contributed by atoms with Gasteiger partial charge in [0.2, 0.25) is 11.8 Å². The molecule has 0 bridgehead atoms. The number of fused-ring (bicyclic) bond motifs is 1. The Morgan fingerprint density at radius 3 is 2.59 bits per heavy atom. The van der Waals surface area contributed by atoms with Gasteiger partial charge in [-0.3, -0.25) is 9.59 Å². The summed E-state index contributed by atoms with van der Waals surface area (Å²) >= 11 is 0. The minimum atomic E-state index is -4.97. The van der Waals surface area contributed by atoms with Crippen LogP contribution < -0.4 is 16.0 Å². The standard InChI is InChI=1S/C21H19F5N3O3/c1-3-32-20-17-15(6-7-27-20)29-19(31)13(18(17)21(24,25)26)9-16(30)28-10(2)12-5-4-11(22)8-14(12)23/h4-8,10,27H,3,9H2,1-2H3,(H,28,30)(H,29,31)/t10-/m0/s1. The number of halogens is 5. The number of dihydropyridines is 1. The van der Waals surface area contributed by atoms with Crippen LogP contribution in [0.25, 0.3) is 0 Å². The minimum Gasteiger partial charge on any atom is -0.479 e. The highest BCUT2D eigenvalue weighted by atomic mass is 19.4. The number of benzene rings is 1. The van der Waals surface area contributed by atoms with E-state index in [1.54, 1.807) is 6.92 Å². The lowest BCUT2D eigenvalue weighted by atomic mass is 9.86. The Morgan fingerprint density at radius 2 is 1.97 bits per heavy atom. The second kappa shape index (κ2) is 9.01. The second-order valence-electron chi connectivity index (χ2n) is 6.97. The molecule has 0 aliphatic carbocycles. The molecule has 1 atom stereocenters. The summed E-state index contributed by atoms with van der Waals surface area (Å²) in [5.41, 5.74) is -2.58. The lowest BCUT2D eigenvalue weighted by Crippen LogP contribution is -2.43. The van der Waals surface area contributed by atoms with E-state index in [0.717, 1.165) is 12.1 Å². The zero-order valence-electron chi connectivity index (χ0n) is 17.0. The second-order valence-corrected chi connectivity index (χ2v) is 6.97. The Labute approximate surface area is 180 Å². The third-order valence-electron chi connectivity index (χ3n) is 4.75. The topological polar surface area (TPSA) is 79.5 Å². The van der Waals surface area contributed by atoms with Crippen molar-refractivity contribution in [1.82, 2.24) is 16.0 Å². The maximum absolute atomic E-state index is 14.0. The monoisotopic (exact) mass is 456 g/mol. The van der Waals surface area contributed by atoms with Gasteiger partial charge < -0.3 is 20.7 Å². The van der Waals surface area contributed by atoms with Gasteiger partial charge in [0.15, 0.2) is 5.88 Å². The molecular formula is C21H19F5N3O3. The molecule has 0 spiro atoms. The van der Waals surface area contributed by atoms with Crippen LogP contribution in [0, 0.1) is 17.7 Å². The molecule has 171 valence electrons. The predicted octanol–water partition coefficient (Wildman–Crippen LogP) is 3.42. The summed E-state index contributed by atoms with van der Waals surface area (Å²) in [5, 5.41) is 7.25. The molecule has 0 aromatic heterocycles. The Morgan fingerprint density at radius 1 is 1.25 bits per heavy atom. The Balaban J connectivity index is 1.94. The summed E-state index contributed by atoms with van der Waals surface area (Å²) in [6.07, 6.45) is -3.34. The summed E-state index contributed by atoms with van der Waals surface area (Å²) in [7, 11) is 0. The SMILES string of the molecule is CCOC1=C2[C](C=CN1)NC(=O)C(CC(=O)N[C@@H](C)c1ccc(F)cc1F)=C2C(F)(F)F. The van der Waals surface area contributed by atoms with Crippen LogP contribution in [-0.2, 0) is 14.3 Å². The molecule has 1 aromatic carbocycles. The van der Waals surface area contributed by atoms with Crippen molar-refractivity contribution in [3.63, 3.8) is 0 Å². The van der Waals surface area contributed by atoms with Gasteiger partial charge in [-0.05, 0) is 26.0 Å². The molecule has 1 radical (unpaired) electrons. The van der Waals surface area contributed by atoms with Gasteiger partial charge >= 0.3 is 6.18 Å². The van der Waals surface area contributed by atoms with Gasteiger partial charge in [0.05, 0.1) is 30.2 Å².